The Balaban J connectivity index is 1.66. The van der Waals surface area contributed by atoms with Crippen molar-refractivity contribution in [3.05, 3.63) is 48.3 Å². The van der Waals surface area contributed by atoms with Gasteiger partial charge in [-0.05, 0) is 37.4 Å². The number of benzene rings is 1. The van der Waals surface area contributed by atoms with Gasteiger partial charge in [-0.2, -0.15) is 0 Å². The first-order valence-electron chi connectivity index (χ1n) is 7.68. The van der Waals surface area contributed by atoms with Crippen molar-refractivity contribution in [1.82, 2.24) is 9.88 Å². The molecule has 0 saturated carbocycles. The van der Waals surface area contributed by atoms with Gasteiger partial charge in [0.05, 0.1) is 17.4 Å². The second-order valence-corrected chi connectivity index (χ2v) is 5.75. The van der Waals surface area contributed by atoms with E-state index in [1.165, 1.54) is 11.9 Å². The molecule has 1 aromatic carbocycles. The molecule has 2 heterocycles. The van der Waals surface area contributed by atoms with Crippen molar-refractivity contribution in [2.24, 2.45) is 0 Å². The van der Waals surface area contributed by atoms with Gasteiger partial charge in [0.25, 0.3) is 5.91 Å². The first-order valence-corrected chi connectivity index (χ1v) is 7.68. The molecule has 3 rings (SSSR count). The highest BCUT2D eigenvalue weighted by molar-refractivity contribution is 6.07. The van der Waals surface area contributed by atoms with Gasteiger partial charge in [0, 0.05) is 43.8 Å². The van der Waals surface area contributed by atoms with Crippen LogP contribution in [0.5, 0.6) is 0 Å². The fourth-order valence-electron chi connectivity index (χ4n) is 2.63. The lowest BCUT2D eigenvalue weighted by Crippen LogP contribution is -2.44. The normalized spacial score (nSPS) is 15.4. The second-order valence-electron chi connectivity index (χ2n) is 5.75. The van der Waals surface area contributed by atoms with E-state index in [9.17, 15) is 4.79 Å². The number of hydrogen-bond donors (Lipinski definition) is 2. The van der Waals surface area contributed by atoms with Crippen molar-refractivity contribution in [2.45, 2.75) is 0 Å². The van der Waals surface area contributed by atoms with Crippen molar-refractivity contribution in [3.63, 3.8) is 0 Å². The van der Waals surface area contributed by atoms with Gasteiger partial charge in [-0.3, -0.25) is 9.78 Å². The molecule has 0 aliphatic carbocycles. The third-order valence-corrected chi connectivity index (χ3v) is 4.09. The summed E-state index contributed by atoms with van der Waals surface area (Å²) in [7, 11) is 2.14. The molecule has 1 fully saturated rings. The number of nitrogens with one attached hydrogen (secondary N) is 1. The first-order chi connectivity index (χ1) is 11.1. The van der Waals surface area contributed by atoms with Crippen LogP contribution >= 0.6 is 0 Å². The summed E-state index contributed by atoms with van der Waals surface area (Å²) in [6.07, 6.45) is 3.03. The molecule has 0 unspecified atom stereocenters. The zero-order valence-corrected chi connectivity index (χ0v) is 13.2. The molecule has 1 aliphatic heterocycles. The predicted molar refractivity (Wildman–Crippen MR) is 92.8 cm³/mol. The molecule has 3 N–H and O–H groups in total. The van der Waals surface area contributed by atoms with Crippen LogP contribution in [0.25, 0.3) is 0 Å². The number of nitrogen functional groups attached to an aromatic ring is 1. The van der Waals surface area contributed by atoms with E-state index in [0.717, 1.165) is 31.9 Å². The van der Waals surface area contributed by atoms with Crippen LogP contribution in [0.3, 0.4) is 0 Å². The number of aromatic nitrogens is 1. The Morgan fingerprint density at radius 1 is 1.13 bits per heavy atom. The van der Waals surface area contributed by atoms with Crippen LogP contribution in [0.2, 0.25) is 0 Å². The number of anilines is 3. The summed E-state index contributed by atoms with van der Waals surface area (Å²) in [4.78, 5) is 20.8. The lowest BCUT2D eigenvalue weighted by molar-refractivity contribution is 0.102. The Kier molecular flexibility index (Phi) is 4.43. The minimum Gasteiger partial charge on any atom is -0.397 e. The molecule has 2 aromatic rings. The molecule has 1 saturated heterocycles. The Bertz CT molecular complexity index is 678. The standard InChI is InChI=1S/C17H21N5O/c1-21-8-10-22(11-9-21)14-4-2-13(3-5-14)20-17(23)15-6-7-19-12-16(15)18/h2-7,12H,8-11,18H2,1H3,(H,20,23). The number of carbonyl (C=O) groups is 1. The molecule has 0 radical (unpaired) electrons. The number of piperazine rings is 1. The van der Waals surface area contributed by atoms with Crippen LogP contribution in [0.15, 0.2) is 42.7 Å². The molecular formula is C17H21N5O. The highest BCUT2D eigenvalue weighted by atomic mass is 16.1. The SMILES string of the molecule is CN1CCN(c2ccc(NC(=O)c3ccncc3N)cc2)CC1. The van der Waals surface area contributed by atoms with Gasteiger partial charge >= 0.3 is 0 Å². The molecule has 0 bridgehead atoms. The Hall–Kier alpha value is -2.60. The summed E-state index contributed by atoms with van der Waals surface area (Å²) >= 11 is 0. The van der Waals surface area contributed by atoms with E-state index in [0.29, 0.717) is 11.3 Å². The van der Waals surface area contributed by atoms with E-state index < -0.39 is 0 Å². The van der Waals surface area contributed by atoms with Gasteiger partial charge in [-0.15, -0.1) is 0 Å². The molecular weight excluding hydrogens is 290 g/mol. The average Bonchev–Trinajstić information content (AvgIpc) is 2.57. The van der Waals surface area contributed by atoms with Crippen molar-refractivity contribution in [2.75, 3.05) is 49.2 Å². The largest absolute Gasteiger partial charge is 0.397 e. The average molecular weight is 311 g/mol. The van der Waals surface area contributed by atoms with Gasteiger partial charge in [0.2, 0.25) is 0 Å². The number of nitrogens with zero attached hydrogens (tertiary/aromatic N) is 3. The van der Waals surface area contributed by atoms with Crippen LogP contribution in [-0.2, 0) is 0 Å². The molecule has 6 nitrogen and oxygen atoms in total. The van der Waals surface area contributed by atoms with Crippen LogP contribution < -0.4 is 16.0 Å². The summed E-state index contributed by atoms with van der Waals surface area (Å²) in [5.41, 5.74) is 8.52. The van der Waals surface area contributed by atoms with E-state index in [4.69, 9.17) is 5.73 Å². The van der Waals surface area contributed by atoms with Gasteiger partial charge in [-0.25, -0.2) is 0 Å². The second kappa shape index (κ2) is 6.66. The van der Waals surface area contributed by atoms with Gasteiger partial charge in [-0.1, -0.05) is 0 Å². The summed E-state index contributed by atoms with van der Waals surface area (Å²) in [5, 5.41) is 2.86. The van der Waals surface area contributed by atoms with Gasteiger partial charge < -0.3 is 20.9 Å². The maximum Gasteiger partial charge on any atom is 0.257 e. The molecule has 120 valence electrons. The number of amides is 1. The Morgan fingerprint density at radius 2 is 1.83 bits per heavy atom. The van der Waals surface area contributed by atoms with E-state index >= 15 is 0 Å². The van der Waals surface area contributed by atoms with Crippen molar-refractivity contribution >= 4 is 23.0 Å². The summed E-state index contributed by atoms with van der Waals surface area (Å²) in [6.45, 7) is 4.19. The molecule has 23 heavy (non-hydrogen) atoms. The molecule has 1 aromatic heterocycles. The molecule has 1 amide bonds. The topological polar surface area (TPSA) is 74.5 Å². The summed E-state index contributed by atoms with van der Waals surface area (Å²) in [5.74, 6) is -0.225. The molecule has 6 heteroatoms. The number of carbonyl (C=O) groups excluding carboxylic acids is 1. The predicted octanol–water partition coefficient (Wildman–Crippen LogP) is 1.67. The lowest BCUT2D eigenvalue weighted by atomic mass is 10.2. The fraction of sp³-hybridized carbons (Fsp3) is 0.294. The third-order valence-electron chi connectivity index (χ3n) is 4.09. The summed E-state index contributed by atoms with van der Waals surface area (Å²) < 4.78 is 0. The fourth-order valence-corrected chi connectivity index (χ4v) is 2.63. The van der Waals surface area contributed by atoms with E-state index in [2.05, 4.69) is 27.1 Å². The lowest BCUT2D eigenvalue weighted by Gasteiger charge is -2.34. The minimum atomic E-state index is -0.225. The van der Waals surface area contributed by atoms with Gasteiger partial charge in [0.1, 0.15) is 0 Å². The highest BCUT2D eigenvalue weighted by Gasteiger charge is 2.14. The van der Waals surface area contributed by atoms with Crippen LogP contribution in [0.1, 0.15) is 10.4 Å². The van der Waals surface area contributed by atoms with Crippen LogP contribution in [0, 0.1) is 0 Å². The first kappa shape index (κ1) is 15.3. The maximum absolute atomic E-state index is 12.2. The third kappa shape index (κ3) is 3.60. The minimum absolute atomic E-state index is 0.225. The van der Waals surface area contributed by atoms with Crippen molar-refractivity contribution in [1.29, 1.82) is 0 Å². The van der Waals surface area contributed by atoms with E-state index in [-0.39, 0.29) is 5.91 Å². The highest BCUT2D eigenvalue weighted by Crippen LogP contribution is 2.20. The zero-order valence-electron chi connectivity index (χ0n) is 13.2. The van der Waals surface area contributed by atoms with E-state index in [1.807, 2.05) is 24.3 Å². The Labute approximate surface area is 135 Å². The van der Waals surface area contributed by atoms with Crippen molar-refractivity contribution < 1.29 is 4.79 Å². The number of nitrogens with two attached hydrogens (primary N) is 1. The Morgan fingerprint density at radius 3 is 2.48 bits per heavy atom. The quantitative estimate of drug-likeness (QED) is 0.902. The maximum atomic E-state index is 12.2. The van der Waals surface area contributed by atoms with Gasteiger partial charge in [0.15, 0.2) is 0 Å². The number of hydrogen-bond acceptors (Lipinski definition) is 5. The van der Waals surface area contributed by atoms with Crippen LogP contribution in [0.4, 0.5) is 17.1 Å². The molecule has 0 atom stereocenters. The number of pyridine rings is 1. The zero-order chi connectivity index (χ0) is 16.2. The summed E-state index contributed by atoms with van der Waals surface area (Å²) in [6, 6.07) is 9.53. The van der Waals surface area contributed by atoms with Crippen molar-refractivity contribution in [3.8, 4) is 0 Å². The number of likely N-dealkylation sites (N-methyl/N-ethyl adjacent to an activating group) is 1. The van der Waals surface area contributed by atoms with E-state index in [1.54, 1.807) is 12.3 Å². The molecule has 1 aliphatic rings. The number of rotatable bonds is 3. The monoisotopic (exact) mass is 311 g/mol. The van der Waals surface area contributed by atoms with Crippen LogP contribution in [-0.4, -0.2) is 49.0 Å². The molecule has 0 spiro atoms. The smallest absolute Gasteiger partial charge is 0.257 e.